The Balaban J connectivity index is 1.73. The van der Waals surface area contributed by atoms with E-state index in [1.807, 2.05) is 49.0 Å². The quantitative estimate of drug-likeness (QED) is 0.676. The molecule has 3 N–H and O–H groups in total. The first-order valence-electron chi connectivity index (χ1n) is 7.66. The predicted molar refractivity (Wildman–Crippen MR) is 103 cm³/mol. The molecule has 2 heterocycles. The summed E-state index contributed by atoms with van der Waals surface area (Å²) < 4.78 is 2.88. The highest BCUT2D eigenvalue weighted by Gasteiger charge is 2.17. The minimum Gasteiger partial charge on any atom is -0.330 e. The molecule has 0 radical (unpaired) electrons. The number of carbonyl (C=O) groups is 1. The summed E-state index contributed by atoms with van der Waals surface area (Å²) in [6.45, 7) is 2.42. The van der Waals surface area contributed by atoms with E-state index in [1.54, 1.807) is 11.3 Å². The highest BCUT2D eigenvalue weighted by Crippen LogP contribution is 2.30. The van der Waals surface area contributed by atoms with E-state index < -0.39 is 0 Å². The lowest BCUT2D eigenvalue weighted by Gasteiger charge is -2.13. The summed E-state index contributed by atoms with van der Waals surface area (Å²) in [6.07, 6.45) is 0.367. The van der Waals surface area contributed by atoms with Crippen molar-refractivity contribution in [3.8, 4) is 0 Å². The number of hydrogen-bond donors (Lipinski definition) is 2. The van der Waals surface area contributed by atoms with Crippen molar-refractivity contribution in [1.82, 2.24) is 9.78 Å². The third-order valence-electron chi connectivity index (χ3n) is 4.03. The maximum Gasteiger partial charge on any atom is 0.225 e. The third kappa shape index (κ3) is 3.53. The van der Waals surface area contributed by atoms with Crippen molar-refractivity contribution in [2.45, 2.75) is 19.3 Å². The topological polar surface area (TPSA) is 72.9 Å². The summed E-state index contributed by atoms with van der Waals surface area (Å²) in [4.78, 5) is 13.5. The van der Waals surface area contributed by atoms with Gasteiger partial charge in [0.2, 0.25) is 5.91 Å². The zero-order chi connectivity index (χ0) is 17.3. The van der Waals surface area contributed by atoms with Gasteiger partial charge in [0.1, 0.15) is 0 Å². The molecular weight excluding hydrogens is 388 g/mol. The number of aromatic nitrogens is 2. The van der Waals surface area contributed by atoms with E-state index in [-0.39, 0.29) is 11.8 Å². The molecule has 3 rings (SSSR count). The molecule has 5 nitrogen and oxygen atoms in total. The van der Waals surface area contributed by atoms with Gasteiger partial charge in [0.05, 0.1) is 15.0 Å². The molecule has 1 aromatic carbocycles. The van der Waals surface area contributed by atoms with Crippen LogP contribution in [0.2, 0.25) is 0 Å². The molecule has 1 atom stereocenters. The van der Waals surface area contributed by atoms with Gasteiger partial charge >= 0.3 is 0 Å². The van der Waals surface area contributed by atoms with E-state index >= 15 is 0 Å². The van der Waals surface area contributed by atoms with Gasteiger partial charge in [0.25, 0.3) is 0 Å². The molecule has 0 aliphatic heterocycles. The highest BCUT2D eigenvalue weighted by atomic mass is 79.9. The number of thiophene rings is 1. The van der Waals surface area contributed by atoms with Gasteiger partial charge in [-0.2, -0.15) is 5.10 Å². The molecule has 1 amide bonds. The number of anilines is 1. The van der Waals surface area contributed by atoms with Crippen LogP contribution in [0.4, 0.5) is 5.69 Å². The Morgan fingerprint density at radius 3 is 2.88 bits per heavy atom. The number of nitrogens with zero attached hydrogens (tertiary/aromatic N) is 2. The number of benzene rings is 1. The molecule has 0 fully saturated rings. The lowest BCUT2D eigenvalue weighted by atomic mass is 10.0. The van der Waals surface area contributed by atoms with Crippen LogP contribution in [0, 0.1) is 6.92 Å². The minimum atomic E-state index is -0.0341. The molecule has 126 valence electrons. The van der Waals surface area contributed by atoms with Gasteiger partial charge < -0.3 is 11.1 Å². The molecular formula is C17H19BrN4OS. The average Bonchev–Trinajstić information content (AvgIpc) is 3.09. The van der Waals surface area contributed by atoms with Gasteiger partial charge in [-0.25, -0.2) is 0 Å². The summed E-state index contributed by atoms with van der Waals surface area (Å²) >= 11 is 5.07. The Bertz CT molecular complexity index is 886. The number of carbonyl (C=O) groups excluding carboxylic acids is 1. The van der Waals surface area contributed by atoms with Gasteiger partial charge in [0, 0.05) is 41.9 Å². The van der Waals surface area contributed by atoms with Crippen LogP contribution in [0.3, 0.4) is 0 Å². The SMILES string of the molecule is Cc1nn(C)c2cc(NC(=O)CC(CN)c3ccc(Br)s3)ccc12. The largest absolute Gasteiger partial charge is 0.330 e. The van der Waals surface area contributed by atoms with E-state index in [9.17, 15) is 4.79 Å². The summed E-state index contributed by atoms with van der Waals surface area (Å²) in [7, 11) is 1.90. The molecule has 0 saturated carbocycles. The molecule has 7 heteroatoms. The van der Waals surface area contributed by atoms with Crippen LogP contribution >= 0.6 is 27.3 Å². The lowest BCUT2D eigenvalue weighted by molar-refractivity contribution is -0.116. The minimum absolute atomic E-state index is 0.0315. The number of amides is 1. The van der Waals surface area contributed by atoms with Gasteiger partial charge in [-0.3, -0.25) is 9.48 Å². The summed E-state index contributed by atoms with van der Waals surface area (Å²) in [5, 5.41) is 8.46. The Hall–Kier alpha value is -1.70. The number of nitrogens with two attached hydrogens (primary N) is 1. The number of aryl methyl sites for hydroxylation is 2. The summed E-state index contributed by atoms with van der Waals surface area (Å²) in [5.74, 6) is -0.00260. The first-order valence-corrected chi connectivity index (χ1v) is 9.27. The van der Waals surface area contributed by atoms with Crippen LogP contribution in [0.25, 0.3) is 10.9 Å². The van der Waals surface area contributed by atoms with Crippen LogP contribution < -0.4 is 11.1 Å². The van der Waals surface area contributed by atoms with E-state index in [1.165, 1.54) is 0 Å². The second kappa shape index (κ2) is 7.04. The molecule has 1 unspecified atom stereocenters. The number of rotatable bonds is 5. The van der Waals surface area contributed by atoms with Crippen LogP contribution in [-0.2, 0) is 11.8 Å². The Kier molecular flexibility index (Phi) is 5.03. The fraction of sp³-hybridized carbons (Fsp3) is 0.294. The molecule has 0 bridgehead atoms. The zero-order valence-corrected chi connectivity index (χ0v) is 15.9. The molecule has 0 spiro atoms. The number of hydrogen-bond acceptors (Lipinski definition) is 4. The van der Waals surface area contributed by atoms with Crippen molar-refractivity contribution >= 4 is 49.8 Å². The molecule has 0 aliphatic rings. The highest BCUT2D eigenvalue weighted by molar-refractivity contribution is 9.11. The Labute approximate surface area is 153 Å². The maximum atomic E-state index is 12.4. The van der Waals surface area contributed by atoms with E-state index in [2.05, 4.69) is 26.3 Å². The third-order valence-corrected chi connectivity index (χ3v) is 5.82. The first kappa shape index (κ1) is 17.1. The number of nitrogens with one attached hydrogen (secondary N) is 1. The van der Waals surface area contributed by atoms with Crippen molar-refractivity contribution in [1.29, 1.82) is 0 Å². The smallest absolute Gasteiger partial charge is 0.225 e. The predicted octanol–water partition coefficient (Wildman–Crippen LogP) is 3.78. The average molecular weight is 407 g/mol. The first-order chi connectivity index (χ1) is 11.5. The second-order valence-corrected chi connectivity index (χ2v) is 8.26. The zero-order valence-electron chi connectivity index (χ0n) is 13.5. The summed E-state index contributed by atoms with van der Waals surface area (Å²) in [5.41, 5.74) is 8.61. The molecule has 0 aliphatic carbocycles. The summed E-state index contributed by atoms with van der Waals surface area (Å²) in [6, 6.07) is 9.86. The van der Waals surface area contributed by atoms with Gasteiger partial charge in [-0.05, 0) is 53.2 Å². The molecule has 24 heavy (non-hydrogen) atoms. The van der Waals surface area contributed by atoms with E-state index in [0.29, 0.717) is 13.0 Å². The maximum absolute atomic E-state index is 12.4. The van der Waals surface area contributed by atoms with Gasteiger partial charge in [0.15, 0.2) is 0 Å². The van der Waals surface area contributed by atoms with Crippen molar-refractivity contribution in [2.24, 2.45) is 12.8 Å². The van der Waals surface area contributed by atoms with Crippen LogP contribution in [0.15, 0.2) is 34.1 Å². The van der Waals surface area contributed by atoms with Crippen LogP contribution in [0.1, 0.15) is 22.9 Å². The Morgan fingerprint density at radius 1 is 1.42 bits per heavy atom. The monoisotopic (exact) mass is 406 g/mol. The van der Waals surface area contributed by atoms with Crippen LogP contribution in [0.5, 0.6) is 0 Å². The van der Waals surface area contributed by atoms with Crippen molar-refractivity contribution in [3.63, 3.8) is 0 Å². The van der Waals surface area contributed by atoms with Crippen molar-refractivity contribution in [3.05, 3.63) is 44.7 Å². The molecule has 3 aromatic rings. The van der Waals surface area contributed by atoms with E-state index in [4.69, 9.17) is 5.73 Å². The fourth-order valence-electron chi connectivity index (χ4n) is 2.80. The van der Waals surface area contributed by atoms with Gasteiger partial charge in [-0.1, -0.05) is 0 Å². The van der Waals surface area contributed by atoms with E-state index in [0.717, 1.165) is 30.9 Å². The van der Waals surface area contributed by atoms with Crippen molar-refractivity contribution < 1.29 is 4.79 Å². The standard InChI is InChI=1S/C17H19BrN4OS/c1-10-13-4-3-12(8-14(13)22(2)21-10)20-17(23)7-11(9-19)15-5-6-16(18)24-15/h3-6,8,11H,7,9,19H2,1-2H3,(H,20,23). The fourth-order valence-corrected chi connectivity index (χ4v) is 4.34. The number of fused-ring (bicyclic) bond motifs is 1. The van der Waals surface area contributed by atoms with Crippen LogP contribution in [-0.4, -0.2) is 22.2 Å². The molecule has 2 aromatic heterocycles. The Morgan fingerprint density at radius 2 is 2.21 bits per heavy atom. The number of halogens is 1. The molecule has 0 saturated heterocycles. The van der Waals surface area contributed by atoms with Gasteiger partial charge in [-0.15, -0.1) is 11.3 Å². The second-order valence-electron chi connectivity index (χ2n) is 5.77. The van der Waals surface area contributed by atoms with Crippen molar-refractivity contribution in [2.75, 3.05) is 11.9 Å². The lowest BCUT2D eigenvalue weighted by Crippen LogP contribution is -2.20. The normalized spacial score (nSPS) is 12.5.